The summed E-state index contributed by atoms with van der Waals surface area (Å²) in [7, 11) is 0. The number of carbonyl (C=O) groups is 2. The average molecular weight is 627 g/mol. The molecule has 38 heavy (non-hydrogen) atoms. The van der Waals surface area contributed by atoms with Crippen LogP contribution in [0.15, 0.2) is 36.4 Å². The van der Waals surface area contributed by atoms with Crippen molar-refractivity contribution in [1.82, 2.24) is 5.32 Å². The van der Waals surface area contributed by atoms with Gasteiger partial charge in [-0.25, -0.2) is 9.18 Å². The van der Waals surface area contributed by atoms with Crippen molar-refractivity contribution in [2.75, 3.05) is 6.61 Å². The highest BCUT2D eigenvalue weighted by atomic mass is 35.5. The van der Waals surface area contributed by atoms with Gasteiger partial charge in [0.15, 0.2) is 6.61 Å². The fraction of sp³-hybridized carbons (Fsp3) is 0.304. The zero-order chi connectivity index (χ0) is 28.6. The van der Waals surface area contributed by atoms with E-state index < -0.39 is 64.3 Å². The van der Waals surface area contributed by atoms with Gasteiger partial charge in [-0.15, -0.1) is 0 Å². The number of ether oxygens (including phenoxy) is 1. The molecule has 3 rings (SSSR count). The molecular weight excluding hydrogens is 613 g/mol. The predicted octanol–water partition coefficient (Wildman–Crippen LogP) is 8.32. The van der Waals surface area contributed by atoms with Crippen LogP contribution < -0.4 is 5.32 Å². The number of rotatable bonds is 7. The summed E-state index contributed by atoms with van der Waals surface area (Å²) in [6, 6.07) is 4.61. The molecule has 0 radical (unpaired) electrons. The van der Waals surface area contributed by atoms with Crippen LogP contribution in [0.4, 0.5) is 30.7 Å². The number of carbonyl (C=O) groups excluding carboxylic acids is 2. The number of nitrogens with one attached hydrogen (secondary N) is 1. The summed E-state index contributed by atoms with van der Waals surface area (Å²) in [5, 5.41) is 1.12. The van der Waals surface area contributed by atoms with Crippen molar-refractivity contribution in [3.63, 3.8) is 0 Å². The first-order valence-corrected chi connectivity index (χ1v) is 11.9. The van der Waals surface area contributed by atoms with E-state index >= 15 is 0 Å². The fourth-order valence-electron chi connectivity index (χ4n) is 3.30. The SMILES string of the molecule is O=C(NC1(C(=O)OCC(F)(F)F)CC1)c1ccc(/C(F)=C/C(c2cc(Cl)c(Cl)c(Cl)c2)C(F)(F)F)cc1Cl. The Morgan fingerprint density at radius 2 is 1.55 bits per heavy atom. The van der Waals surface area contributed by atoms with Gasteiger partial charge < -0.3 is 10.1 Å². The quantitative estimate of drug-likeness (QED) is 0.191. The molecule has 1 aliphatic carbocycles. The van der Waals surface area contributed by atoms with Crippen LogP contribution in [0.25, 0.3) is 5.83 Å². The van der Waals surface area contributed by atoms with E-state index in [0.29, 0.717) is 0 Å². The molecule has 1 aliphatic rings. The van der Waals surface area contributed by atoms with Gasteiger partial charge in [0.1, 0.15) is 17.3 Å². The van der Waals surface area contributed by atoms with Crippen molar-refractivity contribution < 1.29 is 45.1 Å². The van der Waals surface area contributed by atoms with E-state index in [0.717, 1.165) is 30.3 Å². The normalized spacial score (nSPS) is 16.1. The van der Waals surface area contributed by atoms with Crippen molar-refractivity contribution in [1.29, 1.82) is 0 Å². The highest BCUT2D eigenvalue weighted by Gasteiger charge is 2.53. The Balaban J connectivity index is 1.82. The molecule has 0 heterocycles. The zero-order valence-corrected chi connectivity index (χ0v) is 21.6. The molecule has 15 heteroatoms. The van der Waals surface area contributed by atoms with Crippen LogP contribution in [0.1, 0.15) is 40.2 Å². The summed E-state index contributed by atoms with van der Waals surface area (Å²) < 4.78 is 97.2. The van der Waals surface area contributed by atoms with E-state index in [-0.39, 0.29) is 39.5 Å². The Morgan fingerprint density at radius 3 is 2.03 bits per heavy atom. The number of benzene rings is 2. The molecule has 1 unspecified atom stereocenters. The molecular formula is C23H14Cl4F7NO3. The first-order chi connectivity index (χ1) is 17.4. The lowest BCUT2D eigenvalue weighted by Gasteiger charge is -2.19. The number of hydrogen-bond donors (Lipinski definition) is 1. The lowest BCUT2D eigenvalue weighted by molar-refractivity contribution is -0.188. The molecule has 2 aromatic carbocycles. The van der Waals surface area contributed by atoms with Crippen molar-refractivity contribution in [2.45, 2.75) is 36.7 Å². The lowest BCUT2D eigenvalue weighted by Crippen LogP contribution is -2.45. The van der Waals surface area contributed by atoms with Gasteiger partial charge in [-0.3, -0.25) is 4.79 Å². The maximum atomic E-state index is 14.9. The van der Waals surface area contributed by atoms with Crippen LogP contribution in [-0.4, -0.2) is 36.4 Å². The van der Waals surface area contributed by atoms with Gasteiger partial charge in [0.05, 0.1) is 25.7 Å². The first-order valence-electron chi connectivity index (χ1n) is 10.4. The van der Waals surface area contributed by atoms with Crippen LogP contribution in [0.5, 0.6) is 0 Å². The fourth-order valence-corrected chi connectivity index (χ4v) is 4.18. The van der Waals surface area contributed by atoms with Crippen molar-refractivity contribution >= 4 is 64.1 Å². The number of halogens is 11. The minimum atomic E-state index is -4.96. The molecule has 0 aliphatic heterocycles. The largest absolute Gasteiger partial charge is 0.454 e. The van der Waals surface area contributed by atoms with E-state index in [2.05, 4.69) is 10.1 Å². The van der Waals surface area contributed by atoms with Gasteiger partial charge in [-0.2, -0.15) is 26.3 Å². The maximum Gasteiger partial charge on any atom is 0.422 e. The highest BCUT2D eigenvalue weighted by Crippen LogP contribution is 2.42. The van der Waals surface area contributed by atoms with E-state index in [1.807, 2.05) is 0 Å². The molecule has 1 atom stereocenters. The molecule has 0 bridgehead atoms. The smallest absolute Gasteiger partial charge is 0.422 e. The minimum Gasteiger partial charge on any atom is -0.454 e. The molecule has 1 saturated carbocycles. The topological polar surface area (TPSA) is 55.4 Å². The summed E-state index contributed by atoms with van der Waals surface area (Å²) in [6.07, 6.45) is -9.43. The molecule has 206 valence electrons. The lowest BCUT2D eigenvalue weighted by atomic mass is 9.96. The summed E-state index contributed by atoms with van der Waals surface area (Å²) in [4.78, 5) is 24.6. The standard InChI is InChI=1S/C23H14Cl4F7NO3/c24-14-5-10(17(28)8-13(23(32,33)34)11-6-15(25)18(27)16(26)7-11)1-2-12(14)19(36)35-21(3-4-21)20(37)38-9-22(29,30)31/h1-2,5-8,13H,3-4,9H2,(H,35,36)/b17-8-. The van der Waals surface area contributed by atoms with E-state index in [1.165, 1.54) is 0 Å². The van der Waals surface area contributed by atoms with Crippen molar-refractivity contribution in [3.05, 3.63) is 73.2 Å². The summed E-state index contributed by atoms with van der Waals surface area (Å²) in [5.74, 6) is -6.09. The number of alkyl halides is 6. The second kappa shape index (κ2) is 11.1. The first kappa shape index (κ1) is 30.3. The number of allylic oxidation sites excluding steroid dienone is 1. The third-order valence-corrected chi connectivity index (χ3v) is 6.89. The number of esters is 1. The van der Waals surface area contributed by atoms with Gasteiger partial charge in [0.2, 0.25) is 0 Å². The van der Waals surface area contributed by atoms with Gasteiger partial charge in [-0.05, 0) is 48.7 Å². The zero-order valence-electron chi connectivity index (χ0n) is 18.5. The molecule has 4 nitrogen and oxygen atoms in total. The minimum absolute atomic E-state index is 0.0139. The Kier molecular flexibility index (Phi) is 8.87. The molecule has 0 aromatic heterocycles. The van der Waals surface area contributed by atoms with Gasteiger partial charge in [0, 0.05) is 5.56 Å². The van der Waals surface area contributed by atoms with Crippen LogP contribution in [0.2, 0.25) is 20.1 Å². The third kappa shape index (κ3) is 7.25. The van der Waals surface area contributed by atoms with Crippen LogP contribution in [0.3, 0.4) is 0 Å². The summed E-state index contributed by atoms with van der Waals surface area (Å²) in [5.41, 5.74) is -2.88. The van der Waals surface area contributed by atoms with Crippen LogP contribution in [-0.2, 0) is 9.53 Å². The Hall–Kier alpha value is -2.21. The van der Waals surface area contributed by atoms with E-state index in [9.17, 15) is 40.3 Å². The van der Waals surface area contributed by atoms with Gasteiger partial charge in [0.25, 0.3) is 5.91 Å². The van der Waals surface area contributed by atoms with E-state index in [4.69, 9.17) is 46.4 Å². The molecule has 1 N–H and O–H groups in total. The summed E-state index contributed by atoms with van der Waals surface area (Å²) >= 11 is 23.4. The summed E-state index contributed by atoms with van der Waals surface area (Å²) in [6.45, 7) is -1.84. The Labute approximate surface area is 230 Å². The predicted molar refractivity (Wildman–Crippen MR) is 127 cm³/mol. The molecule has 1 fully saturated rings. The van der Waals surface area contributed by atoms with Crippen LogP contribution in [0, 0.1) is 0 Å². The van der Waals surface area contributed by atoms with Crippen LogP contribution >= 0.6 is 46.4 Å². The molecule has 1 amide bonds. The molecule has 0 saturated heterocycles. The third-order valence-electron chi connectivity index (χ3n) is 5.38. The second-order valence-electron chi connectivity index (χ2n) is 8.25. The number of amides is 1. The highest BCUT2D eigenvalue weighted by molar-refractivity contribution is 6.48. The van der Waals surface area contributed by atoms with Crippen molar-refractivity contribution in [3.8, 4) is 0 Å². The van der Waals surface area contributed by atoms with Gasteiger partial charge in [-0.1, -0.05) is 52.5 Å². The maximum absolute atomic E-state index is 14.9. The van der Waals surface area contributed by atoms with E-state index in [1.54, 1.807) is 0 Å². The monoisotopic (exact) mass is 625 g/mol. The Bertz CT molecular complexity index is 1270. The van der Waals surface area contributed by atoms with Crippen molar-refractivity contribution in [2.24, 2.45) is 0 Å². The van der Waals surface area contributed by atoms with Gasteiger partial charge >= 0.3 is 18.3 Å². The molecule has 2 aromatic rings. The average Bonchev–Trinajstić information content (AvgIpc) is 3.58. The molecule has 0 spiro atoms. The Morgan fingerprint density at radius 1 is 0.974 bits per heavy atom. The number of hydrogen-bond acceptors (Lipinski definition) is 3. The second-order valence-corrected chi connectivity index (χ2v) is 9.85.